The summed E-state index contributed by atoms with van der Waals surface area (Å²) in [5.74, 6) is -0.392. The molecular formula is C20H21N3O3S. The molecule has 0 bridgehead atoms. The van der Waals surface area contributed by atoms with E-state index in [0.717, 1.165) is 21.0 Å². The van der Waals surface area contributed by atoms with Crippen LogP contribution in [0.4, 0.5) is 5.69 Å². The molecule has 2 aromatic rings. The molecule has 0 aromatic heterocycles. The van der Waals surface area contributed by atoms with Crippen molar-refractivity contribution in [2.75, 3.05) is 5.32 Å². The van der Waals surface area contributed by atoms with E-state index < -0.39 is 16.1 Å². The number of carbonyl (C=O) groups is 1. The minimum Gasteiger partial charge on any atom is -0.322 e. The first kappa shape index (κ1) is 18.8. The molecule has 3 rings (SSSR count). The van der Waals surface area contributed by atoms with E-state index in [1.54, 1.807) is 0 Å². The quantitative estimate of drug-likeness (QED) is 0.879. The Hall–Kier alpha value is -2.93. The smallest absolute Gasteiger partial charge is 0.322 e. The van der Waals surface area contributed by atoms with E-state index in [9.17, 15) is 13.2 Å². The van der Waals surface area contributed by atoms with Crippen molar-refractivity contribution in [1.82, 2.24) is 4.31 Å². The van der Waals surface area contributed by atoms with Crippen molar-refractivity contribution in [3.8, 4) is 0 Å². The molecule has 27 heavy (non-hydrogen) atoms. The SMILES string of the molecule is CC1=NS(=O)(=O)N(Cc2ccccc2)C=C1C(=O)Nc1ccc(C)cc1C. The van der Waals surface area contributed by atoms with Crippen molar-refractivity contribution in [2.24, 2.45) is 4.40 Å². The monoisotopic (exact) mass is 383 g/mol. The van der Waals surface area contributed by atoms with E-state index in [0.29, 0.717) is 5.69 Å². The second-order valence-electron chi connectivity index (χ2n) is 6.50. The molecule has 1 amide bonds. The zero-order valence-corrected chi connectivity index (χ0v) is 16.2. The molecule has 6 nitrogen and oxygen atoms in total. The average Bonchev–Trinajstić information content (AvgIpc) is 2.60. The van der Waals surface area contributed by atoms with Gasteiger partial charge in [-0.15, -0.1) is 4.40 Å². The third-order valence-electron chi connectivity index (χ3n) is 4.27. The highest BCUT2D eigenvalue weighted by Gasteiger charge is 2.28. The Bertz CT molecular complexity index is 1040. The van der Waals surface area contributed by atoms with Crippen molar-refractivity contribution < 1.29 is 13.2 Å². The number of nitrogens with one attached hydrogen (secondary N) is 1. The van der Waals surface area contributed by atoms with Crippen molar-refractivity contribution >= 4 is 27.5 Å². The Morgan fingerprint density at radius 1 is 1.07 bits per heavy atom. The predicted octanol–water partition coefficient (Wildman–Crippen LogP) is 3.35. The summed E-state index contributed by atoms with van der Waals surface area (Å²) >= 11 is 0. The van der Waals surface area contributed by atoms with Crippen LogP contribution in [0, 0.1) is 13.8 Å². The average molecular weight is 383 g/mol. The van der Waals surface area contributed by atoms with Gasteiger partial charge < -0.3 is 5.32 Å². The molecule has 1 N–H and O–H groups in total. The van der Waals surface area contributed by atoms with Crippen molar-refractivity contribution in [1.29, 1.82) is 0 Å². The first-order chi connectivity index (χ1) is 12.8. The van der Waals surface area contributed by atoms with E-state index >= 15 is 0 Å². The molecule has 0 fully saturated rings. The number of carbonyl (C=O) groups excluding carboxylic acids is 1. The fraction of sp³-hybridized carbons (Fsp3) is 0.200. The van der Waals surface area contributed by atoms with E-state index in [1.165, 1.54) is 13.1 Å². The van der Waals surface area contributed by atoms with Crippen molar-refractivity contribution in [3.05, 3.63) is 77.0 Å². The first-order valence-electron chi connectivity index (χ1n) is 8.49. The highest BCUT2D eigenvalue weighted by atomic mass is 32.2. The van der Waals surface area contributed by atoms with Gasteiger partial charge in [-0.25, -0.2) is 0 Å². The molecule has 0 spiro atoms. The Kier molecular flexibility index (Phi) is 5.14. The first-order valence-corrected chi connectivity index (χ1v) is 9.89. The molecule has 1 aliphatic heterocycles. The number of aryl methyl sites for hydroxylation is 2. The number of benzene rings is 2. The number of rotatable bonds is 4. The van der Waals surface area contributed by atoms with Gasteiger partial charge in [-0.2, -0.15) is 8.42 Å². The van der Waals surface area contributed by atoms with Gasteiger partial charge in [-0.1, -0.05) is 48.0 Å². The fourth-order valence-electron chi connectivity index (χ4n) is 2.84. The zero-order valence-electron chi connectivity index (χ0n) is 15.4. The van der Waals surface area contributed by atoms with Gasteiger partial charge in [0.15, 0.2) is 0 Å². The third-order valence-corrected chi connectivity index (χ3v) is 5.60. The summed E-state index contributed by atoms with van der Waals surface area (Å²) in [4.78, 5) is 12.7. The van der Waals surface area contributed by atoms with Crippen LogP contribution in [0.1, 0.15) is 23.6 Å². The normalized spacial score (nSPS) is 15.7. The number of amides is 1. The van der Waals surface area contributed by atoms with Gasteiger partial charge in [-0.05, 0) is 38.0 Å². The molecule has 140 valence electrons. The highest BCUT2D eigenvalue weighted by Crippen LogP contribution is 2.22. The van der Waals surface area contributed by atoms with Gasteiger partial charge >= 0.3 is 10.2 Å². The summed E-state index contributed by atoms with van der Waals surface area (Å²) in [6.07, 6.45) is 1.35. The summed E-state index contributed by atoms with van der Waals surface area (Å²) in [6.45, 7) is 5.52. The molecule has 7 heteroatoms. The standard InChI is InChI=1S/C20H21N3O3S/c1-14-9-10-19(15(2)11-14)21-20(24)18-13-23(27(25,26)22-16(18)3)12-17-7-5-4-6-8-17/h4-11,13H,12H2,1-3H3,(H,21,24). The maximum Gasteiger partial charge on any atom is 0.344 e. The third kappa shape index (κ3) is 4.25. The minimum absolute atomic E-state index is 0.111. The minimum atomic E-state index is -3.86. The Morgan fingerprint density at radius 2 is 1.78 bits per heavy atom. The maximum absolute atomic E-state index is 12.7. The Morgan fingerprint density at radius 3 is 2.44 bits per heavy atom. The van der Waals surface area contributed by atoms with Gasteiger partial charge in [0, 0.05) is 11.9 Å². The summed E-state index contributed by atoms with van der Waals surface area (Å²) in [7, 11) is -3.86. The summed E-state index contributed by atoms with van der Waals surface area (Å²) in [5.41, 5.74) is 3.91. The van der Waals surface area contributed by atoms with E-state index in [-0.39, 0.29) is 17.8 Å². The van der Waals surface area contributed by atoms with Gasteiger partial charge in [-0.3, -0.25) is 9.10 Å². The Balaban J connectivity index is 1.88. The van der Waals surface area contributed by atoms with Crippen molar-refractivity contribution in [3.63, 3.8) is 0 Å². The lowest BCUT2D eigenvalue weighted by molar-refractivity contribution is -0.112. The number of hydrogen-bond donors (Lipinski definition) is 1. The molecule has 0 saturated heterocycles. The van der Waals surface area contributed by atoms with Crippen LogP contribution in [0.2, 0.25) is 0 Å². The van der Waals surface area contributed by atoms with E-state index in [4.69, 9.17) is 0 Å². The second-order valence-corrected chi connectivity index (χ2v) is 8.05. The van der Waals surface area contributed by atoms with Crippen LogP contribution in [-0.2, 0) is 21.5 Å². The van der Waals surface area contributed by atoms with Gasteiger partial charge in [0.05, 0.1) is 17.8 Å². The summed E-state index contributed by atoms with van der Waals surface area (Å²) < 4.78 is 29.6. The molecule has 0 radical (unpaired) electrons. The number of hydrogen-bond acceptors (Lipinski definition) is 3. The van der Waals surface area contributed by atoms with Crippen LogP contribution in [0.5, 0.6) is 0 Å². The lowest BCUT2D eigenvalue weighted by atomic mass is 10.1. The van der Waals surface area contributed by atoms with Crippen LogP contribution >= 0.6 is 0 Å². The van der Waals surface area contributed by atoms with E-state index in [1.807, 2.05) is 62.4 Å². The van der Waals surface area contributed by atoms with Crippen LogP contribution in [0.3, 0.4) is 0 Å². The molecule has 0 saturated carbocycles. The van der Waals surface area contributed by atoms with Gasteiger partial charge in [0.2, 0.25) is 0 Å². The Labute approximate surface area is 159 Å². The van der Waals surface area contributed by atoms with Crippen LogP contribution in [0.15, 0.2) is 64.7 Å². The lowest BCUT2D eigenvalue weighted by Gasteiger charge is -2.24. The lowest BCUT2D eigenvalue weighted by Crippen LogP contribution is -2.32. The maximum atomic E-state index is 12.7. The fourth-order valence-corrected chi connectivity index (χ4v) is 3.94. The van der Waals surface area contributed by atoms with Crippen LogP contribution < -0.4 is 5.32 Å². The topological polar surface area (TPSA) is 78.8 Å². The van der Waals surface area contributed by atoms with Gasteiger partial charge in [0.25, 0.3) is 5.91 Å². The number of anilines is 1. The van der Waals surface area contributed by atoms with Crippen LogP contribution in [0.25, 0.3) is 0 Å². The molecule has 2 aromatic carbocycles. The summed E-state index contributed by atoms with van der Waals surface area (Å²) in [6, 6.07) is 14.9. The second kappa shape index (κ2) is 7.36. The molecule has 1 aliphatic rings. The largest absolute Gasteiger partial charge is 0.344 e. The predicted molar refractivity (Wildman–Crippen MR) is 107 cm³/mol. The highest BCUT2D eigenvalue weighted by molar-refractivity contribution is 7.88. The van der Waals surface area contributed by atoms with Gasteiger partial charge in [0.1, 0.15) is 0 Å². The van der Waals surface area contributed by atoms with Crippen molar-refractivity contribution in [2.45, 2.75) is 27.3 Å². The molecular weight excluding hydrogens is 362 g/mol. The summed E-state index contributed by atoms with van der Waals surface area (Å²) in [5, 5.41) is 2.84. The van der Waals surface area contributed by atoms with E-state index in [2.05, 4.69) is 9.71 Å². The van der Waals surface area contributed by atoms with Crippen LogP contribution in [-0.4, -0.2) is 24.3 Å². The molecule has 1 heterocycles. The molecule has 0 unspecified atom stereocenters. The zero-order chi connectivity index (χ0) is 19.6. The number of nitrogens with zero attached hydrogens (tertiary/aromatic N) is 2. The molecule has 0 atom stereocenters. The molecule has 0 aliphatic carbocycles.